The van der Waals surface area contributed by atoms with Gasteiger partial charge in [-0.3, -0.25) is 9.78 Å². The molecule has 0 spiro atoms. The molecule has 0 saturated carbocycles. The quantitative estimate of drug-likeness (QED) is 0.466. The van der Waals surface area contributed by atoms with E-state index < -0.39 is 6.61 Å². The third-order valence-corrected chi connectivity index (χ3v) is 4.80. The number of rotatable bonds is 5. The van der Waals surface area contributed by atoms with Crippen LogP contribution in [0.5, 0.6) is 0 Å². The number of aliphatic hydroxyl groups is 1. The van der Waals surface area contributed by atoms with Gasteiger partial charge in [-0.05, 0) is 36.4 Å². The van der Waals surface area contributed by atoms with Gasteiger partial charge in [-0.2, -0.15) is 10.1 Å². The van der Waals surface area contributed by atoms with Gasteiger partial charge in [0.2, 0.25) is 11.7 Å². The molecule has 4 aromatic heterocycles. The van der Waals surface area contributed by atoms with E-state index in [1.807, 2.05) is 6.07 Å². The minimum atomic E-state index is -0.403. The molecule has 0 fully saturated rings. The number of fused-ring (bicyclic) bond motifs is 1. The second-order valence-electron chi connectivity index (χ2n) is 6.74. The van der Waals surface area contributed by atoms with E-state index in [-0.39, 0.29) is 29.3 Å². The zero-order chi connectivity index (χ0) is 21.4. The molecule has 0 aliphatic heterocycles. The van der Waals surface area contributed by atoms with E-state index in [0.29, 0.717) is 28.3 Å². The maximum absolute atomic E-state index is 13.3. The molecule has 0 atom stereocenters. The van der Waals surface area contributed by atoms with Crippen LogP contribution >= 0.6 is 0 Å². The minimum Gasteiger partial charge on any atom is -0.392 e. The van der Waals surface area contributed by atoms with Crippen LogP contribution in [0.15, 0.2) is 70.4 Å². The number of hydrogen-bond donors (Lipinski definition) is 1. The number of pyridine rings is 1. The Morgan fingerprint density at radius 3 is 2.68 bits per heavy atom. The summed E-state index contributed by atoms with van der Waals surface area (Å²) < 4.78 is 21.3. The van der Waals surface area contributed by atoms with Crippen molar-refractivity contribution in [3.05, 3.63) is 88.7 Å². The van der Waals surface area contributed by atoms with E-state index in [0.717, 1.165) is 0 Å². The van der Waals surface area contributed by atoms with Gasteiger partial charge in [0, 0.05) is 29.7 Å². The summed E-state index contributed by atoms with van der Waals surface area (Å²) in [6.45, 7) is -0.364. The molecule has 154 valence electrons. The summed E-state index contributed by atoms with van der Waals surface area (Å²) in [7, 11) is 0. The largest absolute Gasteiger partial charge is 0.392 e. The Labute approximate surface area is 174 Å². The van der Waals surface area contributed by atoms with Crippen molar-refractivity contribution in [2.75, 3.05) is 0 Å². The number of aromatic nitrogens is 6. The molecule has 1 N–H and O–H groups in total. The Morgan fingerprint density at radius 1 is 1.10 bits per heavy atom. The molecule has 0 unspecified atom stereocenters. The van der Waals surface area contributed by atoms with Gasteiger partial charge in [0.1, 0.15) is 23.6 Å². The Morgan fingerprint density at radius 2 is 1.94 bits per heavy atom. The van der Waals surface area contributed by atoms with Crippen molar-refractivity contribution < 1.29 is 14.0 Å². The fourth-order valence-electron chi connectivity index (χ4n) is 3.33. The fraction of sp³-hybridized carbons (Fsp3) is 0.0952. The van der Waals surface area contributed by atoms with Crippen LogP contribution in [-0.4, -0.2) is 34.4 Å². The predicted molar refractivity (Wildman–Crippen MR) is 107 cm³/mol. The number of hydrogen-bond acceptors (Lipinski definition) is 7. The average Bonchev–Trinajstić information content (AvgIpc) is 3.42. The second kappa shape index (κ2) is 7.58. The van der Waals surface area contributed by atoms with Gasteiger partial charge < -0.3 is 14.2 Å². The zero-order valence-corrected chi connectivity index (χ0v) is 16.0. The van der Waals surface area contributed by atoms with Crippen molar-refractivity contribution in [1.29, 1.82) is 0 Å². The van der Waals surface area contributed by atoms with Crippen molar-refractivity contribution in [3.63, 3.8) is 0 Å². The third-order valence-electron chi connectivity index (χ3n) is 4.80. The monoisotopic (exact) mass is 418 g/mol. The number of aliphatic hydroxyl groups excluding tert-OH is 1. The molecule has 0 amide bonds. The first-order valence-corrected chi connectivity index (χ1v) is 9.35. The van der Waals surface area contributed by atoms with Crippen LogP contribution in [0.3, 0.4) is 0 Å². The lowest BCUT2D eigenvalue weighted by Gasteiger charge is -2.03. The lowest BCUT2D eigenvalue weighted by atomic mass is 10.1. The first-order chi connectivity index (χ1) is 15.1. The summed E-state index contributed by atoms with van der Waals surface area (Å²) in [6.07, 6.45) is 4.76. The van der Waals surface area contributed by atoms with Crippen LogP contribution in [0.4, 0.5) is 4.39 Å². The molecular weight excluding hydrogens is 403 g/mol. The molecule has 1 aromatic carbocycles. The summed E-state index contributed by atoms with van der Waals surface area (Å²) in [5.74, 6) is 0.171. The standard InChI is InChI=1S/C21H15FN6O3/c22-14-6-4-13(5-7-14)18-15(12-29)19-21(30)27(9-10-28(19)25-18)11-17-24-20(26-31-17)16-3-1-2-8-23-16/h1-10,29H,11-12H2. The molecule has 31 heavy (non-hydrogen) atoms. The predicted octanol–water partition coefficient (Wildman–Crippen LogP) is 2.29. The second-order valence-corrected chi connectivity index (χ2v) is 6.74. The van der Waals surface area contributed by atoms with E-state index in [1.54, 1.807) is 42.9 Å². The molecule has 4 heterocycles. The fourth-order valence-corrected chi connectivity index (χ4v) is 3.33. The van der Waals surface area contributed by atoms with Gasteiger partial charge in [0.15, 0.2) is 0 Å². The summed E-state index contributed by atoms with van der Waals surface area (Å²) in [6, 6.07) is 11.0. The van der Waals surface area contributed by atoms with Gasteiger partial charge in [-0.15, -0.1) is 0 Å². The summed E-state index contributed by atoms with van der Waals surface area (Å²) in [4.78, 5) is 21.6. The average molecular weight is 418 g/mol. The van der Waals surface area contributed by atoms with Crippen molar-refractivity contribution in [1.82, 2.24) is 29.3 Å². The molecule has 0 aliphatic rings. The Kier molecular flexibility index (Phi) is 4.60. The SMILES string of the molecule is O=c1c2c(CO)c(-c3ccc(F)cc3)nn2ccn1Cc1nc(-c2ccccn2)no1. The first-order valence-electron chi connectivity index (χ1n) is 9.35. The Bertz CT molecular complexity index is 1420. The van der Waals surface area contributed by atoms with Crippen molar-refractivity contribution >= 4 is 5.52 Å². The van der Waals surface area contributed by atoms with Crippen molar-refractivity contribution in [2.24, 2.45) is 0 Å². The van der Waals surface area contributed by atoms with Crippen LogP contribution in [0.25, 0.3) is 28.3 Å². The van der Waals surface area contributed by atoms with Crippen LogP contribution < -0.4 is 5.56 Å². The molecule has 0 aliphatic carbocycles. The van der Waals surface area contributed by atoms with Crippen LogP contribution in [-0.2, 0) is 13.2 Å². The highest BCUT2D eigenvalue weighted by atomic mass is 19.1. The molecule has 0 radical (unpaired) electrons. The molecule has 10 heteroatoms. The van der Waals surface area contributed by atoms with Gasteiger partial charge >= 0.3 is 0 Å². The maximum Gasteiger partial charge on any atom is 0.277 e. The van der Waals surface area contributed by atoms with E-state index in [4.69, 9.17) is 4.52 Å². The summed E-state index contributed by atoms with van der Waals surface area (Å²) >= 11 is 0. The van der Waals surface area contributed by atoms with Gasteiger partial charge in [0.25, 0.3) is 5.56 Å². The normalized spacial score (nSPS) is 11.3. The zero-order valence-electron chi connectivity index (χ0n) is 16.0. The van der Waals surface area contributed by atoms with E-state index in [2.05, 4.69) is 20.2 Å². The van der Waals surface area contributed by atoms with Gasteiger partial charge in [-0.25, -0.2) is 8.91 Å². The van der Waals surface area contributed by atoms with E-state index >= 15 is 0 Å². The lowest BCUT2D eigenvalue weighted by Crippen LogP contribution is -2.22. The number of nitrogens with zero attached hydrogens (tertiary/aromatic N) is 6. The van der Waals surface area contributed by atoms with E-state index in [1.165, 1.54) is 21.2 Å². The van der Waals surface area contributed by atoms with E-state index in [9.17, 15) is 14.3 Å². The summed E-state index contributed by atoms with van der Waals surface area (Å²) in [5, 5.41) is 18.2. The molecule has 5 rings (SSSR count). The van der Waals surface area contributed by atoms with Crippen LogP contribution in [0.2, 0.25) is 0 Å². The van der Waals surface area contributed by atoms with Crippen LogP contribution in [0, 0.1) is 5.82 Å². The van der Waals surface area contributed by atoms with Crippen molar-refractivity contribution in [3.8, 4) is 22.8 Å². The number of benzene rings is 1. The Hall–Kier alpha value is -4.18. The number of halogens is 1. The third kappa shape index (κ3) is 3.38. The van der Waals surface area contributed by atoms with Crippen molar-refractivity contribution in [2.45, 2.75) is 13.2 Å². The first kappa shape index (κ1) is 18.8. The minimum absolute atomic E-state index is 0.0388. The van der Waals surface area contributed by atoms with Gasteiger partial charge in [0.05, 0.1) is 12.3 Å². The highest BCUT2D eigenvalue weighted by Crippen LogP contribution is 2.25. The molecule has 0 saturated heterocycles. The Balaban J connectivity index is 1.54. The topological polar surface area (TPSA) is 111 Å². The molecule has 5 aromatic rings. The highest BCUT2D eigenvalue weighted by Gasteiger charge is 2.19. The highest BCUT2D eigenvalue weighted by molar-refractivity contribution is 5.72. The summed E-state index contributed by atoms with van der Waals surface area (Å²) in [5.41, 5.74) is 1.75. The van der Waals surface area contributed by atoms with Crippen LogP contribution in [0.1, 0.15) is 11.5 Å². The molecule has 0 bridgehead atoms. The molecule has 9 nitrogen and oxygen atoms in total. The molecular formula is C21H15FN6O3. The smallest absolute Gasteiger partial charge is 0.277 e. The lowest BCUT2D eigenvalue weighted by molar-refractivity contribution is 0.283. The maximum atomic E-state index is 13.3. The van der Waals surface area contributed by atoms with Gasteiger partial charge in [-0.1, -0.05) is 11.2 Å².